The molecule has 56 heavy (non-hydrogen) atoms. The van der Waals surface area contributed by atoms with Crippen molar-refractivity contribution in [2.45, 2.75) is 39.8 Å². The Bertz CT molecular complexity index is 1770. The maximum atomic E-state index is 14.5. The number of ether oxygens (including phenoxy) is 4. The second-order valence-corrected chi connectivity index (χ2v) is 12.8. The number of esters is 2. The van der Waals surface area contributed by atoms with Crippen LogP contribution in [0, 0.1) is 23.7 Å². The number of nitrogens with zero attached hydrogens (tertiary/aromatic N) is 2. The van der Waals surface area contributed by atoms with Crippen LogP contribution >= 0.6 is 0 Å². The van der Waals surface area contributed by atoms with Gasteiger partial charge in [0, 0.05) is 26.2 Å². The fraction of sp³-hybridized carbons (Fsp3) is 0.286. The number of amides is 2. The number of para-hydroxylation sites is 2. The fourth-order valence-electron chi connectivity index (χ4n) is 6.71. The van der Waals surface area contributed by atoms with Crippen molar-refractivity contribution in [3.63, 3.8) is 0 Å². The van der Waals surface area contributed by atoms with Gasteiger partial charge in [-0.3, -0.25) is 28.8 Å². The van der Waals surface area contributed by atoms with Crippen LogP contribution in [0.25, 0.3) is 0 Å². The van der Waals surface area contributed by atoms with E-state index in [0.29, 0.717) is 35.8 Å². The molecule has 0 spiro atoms. The van der Waals surface area contributed by atoms with Gasteiger partial charge in [-0.05, 0) is 72.5 Å². The van der Waals surface area contributed by atoms with Gasteiger partial charge in [-0.15, -0.1) is 0 Å². The van der Waals surface area contributed by atoms with Crippen molar-refractivity contribution in [1.29, 1.82) is 0 Å². The van der Waals surface area contributed by atoms with Crippen LogP contribution in [0.2, 0.25) is 0 Å². The zero-order valence-electron chi connectivity index (χ0n) is 34.1. The van der Waals surface area contributed by atoms with Crippen molar-refractivity contribution in [3.8, 4) is 23.0 Å². The van der Waals surface area contributed by atoms with Crippen LogP contribution in [0.1, 0.15) is 40.7 Å². The molecule has 1 aliphatic rings. The summed E-state index contributed by atoms with van der Waals surface area (Å²) in [6.07, 6.45) is 1.08. The molecule has 4 atom stereocenters. The minimum Gasteiger partial charge on any atom is -1.00 e. The minimum atomic E-state index is -1.55. The number of benzene rings is 4. The average molecular weight is 783 g/mol. The van der Waals surface area contributed by atoms with E-state index in [4.69, 9.17) is 9.47 Å². The third-order valence-electron chi connectivity index (χ3n) is 9.15. The Morgan fingerprint density at radius 3 is 1.14 bits per heavy atom. The van der Waals surface area contributed by atoms with E-state index in [1.54, 1.807) is 48.5 Å². The average Bonchev–Trinajstić information content (AvgIpc) is 3.16. The van der Waals surface area contributed by atoms with Crippen molar-refractivity contribution in [1.82, 2.24) is 9.80 Å². The molecule has 0 radical (unpaired) electrons. The summed E-state index contributed by atoms with van der Waals surface area (Å²) < 4.78 is 21.1. The summed E-state index contributed by atoms with van der Waals surface area (Å²) in [6, 6.07) is 32.8. The fourth-order valence-corrected chi connectivity index (χ4v) is 6.71. The predicted molar refractivity (Wildman–Crippen MR) is 198 cm³/mol. The Labute approximate surface area is 373 Å². The van der Waals surface area contributed by atoms with Gasteiger partial charge in [0.15, 0.2) is 0 Å². The SMILES string of the molecule is CCCN(Cc1ccc(Oc2ccccc2)cc1)C(=O)C1C(C(=O)OC=O)C(C(=O)OC=O)C1C(=O)N(CCC)Cc1ccc(Oc2ccccc2)cc1.[H-].[H-].[Na+].[Na+]. The number of hydrogen-bond donors (Lipinski definition) is 0. The second kappa shape index (κ2) is 23.1. The van der Waals surface area contributed by atoms with Crippen LogP contribution in [0.15, 0.2) is 109 Å². The van der Waals surface area contributed by atoms with E-state index in [9.17, 15) is 28.8 Å². The van der Waals surface area contributed by atoms with Crippen molar-refractivity contribution in [3.05, 3.63) is 120 Å². The zero-order valence-corrected chi connectivity index (χ0v) is 36.1. The van der Waals surface area contributed by atoms with E-state index in [1.165, 1.54) is 9.80 Å². The Kier molecular flexibility index (Phi) is 19.0. The molecular formula is C42H44N2Na2O10. The maximum absolute atomic E-state index is 14.5. The number of rotatable bonds is 18. The first-order chi connectivity index (χ1) is 26.3. The third-order valence-corrected chi connectivity index (χ3v) is 9.15. The molecule has 0 heterocycles. The molecule has 5 rings (SSSR count). The monoisotopic (exact) mass is 782 g/mol. The van der Waals surface area contributed by atoms with E-state index in [2.05, 4.69) is 9.47 Å². The first-order valence-electron chi connectivity index (χ1n) is 17.8. The van der Waals surface area contributed by atoms with Crippen LogP contribution in [0.3, 0.4) is 0 Å². The molecule has 0 N–H and O–H groups in total. The second-order valence-electron chi connectivity index (χ2n) is 12.8. The normalized spacial score (nSPS) is 16.6. The van der Waals surface area contributed by atoms with Crippen LogP contribution in [-0.2, 0) is 51.3 Å². The van der Waals surface area contributed by atoms with Gasteiger partial charge in [-0.2, -0.15) is 0 Å². The standard InChI is InChI=1S/C42H42N2O10.2Na.2H/c1-3-23-43(25-29-15-19-33(20-16-29)53-31-11-7-5-8-12-31)39(47)35-36(38(42(50)52-28-46)37(35)41(49)51-27-45)40(48)44(24-4-2)26-30-17-21-34(22-18-30)54-32-13-9-6-10-14-32;;;;/h5-22,27-28,35-38H,3-4,23-26H2,1-2H3;;;;/q;2*+1;2*-1. The molecule has 0 bridgehead atoms. The molecule has 12 nitrogen and oxygen atoms in total. The van der Waals surface area contributed by atoms with Gasteiger partial charge in [-0.1, -0.05) is 74.5 Å². The summed E-state index contributed by atoms with van der Waals surface area (Å²) in [4.78, 5) is 81.1. The molecule has 1 saturated carbocycles. The quantitative estimate of drug-likeness (QED) is 0.0608. The van der Waals surface area contributed by atoms with Crippen molar-refractivity contribution < 1.29 is 110 Å². The largest absolute Gasteiger partial charge is 1.00 e. The first kappa shape index (κ1) is 46.1. The van der Waals surface area contributed by atoms with Gasteiger partial charge >= 0.3 is 84.0 Å². The molecule has 4 aromatic rings. The van der Waals surface area contributed by atoms with Gasteiger partial charge in [0.25, 0.3) is 0 Å². The van der Waals surface area contributed by atoms with E-state index < -0.39 is 47.4 Å². The van der Waals surface area contributed by atoms with Gasteiger partial charge in [0.2, 0.25) is 11.8 Å². The summed E-state index contributed by atoms with van der Waals surface area (Å²) in [7, 11) is 0. The van der Waals surface area contributed by atoms with Gasteiger partial charge in [0.05, 0.1) is 23.7 Å². The Morgan fingerprint density at radius 1 is 0.518 bits per heavy atom. The first-order valence-corrected chi connectivity index (χ1v) is 17.8. The van der Waals surface area contributed by atoms with Crippen LogP contribution in [0.5, 0.6) is 23.0 Å². The van der Waals surface area contributed by atoms with E-state index in [-0.39, 0.29) is 101 Å². The van der Waals surface area contributed by atoms with E-state index in [0.717, 1.165) is 11.1 Å². The zero-order chi connectivity index (χ0) is 38.5. The molecule has 0 aliphatic heterocycles. The van der Waals surface area contributed by atoms with Crippen LogP contribution < -0.4 is 68.6 Å². The molecule has 1 aliphatic carbocycles. The molecule has 0 saturated heterocycles. The van der Waals surface area contributed by atoms with Gasteiger partial charge < -0.3 is 31.6 Å². The smallest absolute Gasteiger partial charge is 1.00 e. The summed E-state index contributed by atoms with van der Waals surface area (Å²) >= 11 is 0. The minimum absolute atomic E-state index is 0. The Morgan fingerprint density at radius 2 is 0.839 bits per heavy atom. The molecule has 284 valence electrons. The van der Waals surface area contributed by atoms with E-state index in [1.807, 2.05) is 74.5 Å². The third kappa shape index (κ3) is 11.9. The summed E-state index contributed by atoms with van der Waals surface area (Å²) in [5.41, 5.74) is 1.49. The van der Waals surface area contributed by atoms with Crippen molar-refractivity contribution >= 4 is 36.7 Å². The van der Waals surface area contributed by atoms with Crippen molar-refractivity contribution in [2.24, 2.45) is 23.7 Å². The van der Waals surface area contributed by atoms with Crippen LogP contribution in [0.4, 0.5) is 0 Å². The molecule has 4 aromatic carbocycles. The molecule has 2 amide bonds. The predicted octanol–water partition coefficient (Wildman–Crippen LogP) is 0.559. The molecule has 14 heteroatoms. The molecule has 1 fully saturated rings. The van der Waals surface area contributed by atoms with Crippen molar-refractivity contribution in [2.75, 3.05) is 13.1 Å². The number of hydrogen-bond acceptors (Lipinski definition) is 10. The number of carbonyl (C=O) groups excluding carboxylic acids is 6. The summed E-state index contributed by atoms with van der Waals surface area (Å²) in [5.74, 6) is -6.88. The van der Waals surface area contributed by atoms with E-state index >= 15 is 0 Å². The van der Waals surface area contributed by atoms with Gasteiger partial charge in [-0.25, -0.2) is 0 Å². The number of carbonyl (C=O) groups is 6. The molecule has 0 aromatic heterocycles. The topological polar surface area (TPSA) is 146 Å². The van der Waals surface area contributed by atoms with Gasteiger partial charge in [0.1, 0.15) is 23.0 Å². The van der Waals surface area contributed by atoms with Crippen LogP contribution in [-0.4, -0.2) is 59.6 Å². The summed E-state index contributed by atoms with van der Waals surface area (Å²) in [6.45, 7) is 4.30. The maximum Gasteiger partial charge on any atom is 1.00 e. The summed E-state index contributed by atoms with van der Waals surface area (Å²) in [5, 5.41) is 0. The molecular weight excluding hydrogens is 738 g/mol. The Hall–Kier alpha value is -4.30. The Balaban J connectivity index is 0.00000420. The molecule has 4 unspecified atom stereocenters.